The lowest BCUT2D eigenvalue weighted by molar-refractivity contribution is -0.122. The van der Waals surface area contributed by atoms with Gasteiger partial charge in [0, 0.05) is 12.5 Å². The predicted octanol–water partition coefficient (Wildman–Crippen LogP) is 2.85. The number of nitrogens with one attached hydrogen (secondary N) is 1. The number of aromatic hydroxyl groups is 1. The largest absolute Gasteiger partial charge is 0.508 e. The van der Waals surface area contributed by atoms with Crippen molar-refractivity contribution < 1.29 is 9.90 Å². The van der Waals surface area contributed by atoms with Gasteiger partial charge in [-0.05, 0) is 36.0 Å². The molecule has 3 heteroatoms. The van der Waals surface area contributed by atoms with E-state index in [1.54, 1.807) is 12.1 Å². The van der Waals surface area contributed by atoms with Gasteiger partial charge in [-0.2, -0.15) is 0 Å². The van der Waals surface area contributed by atoms with Gasteiger partial charge in [-0.25, -0.2) is 0 Å². The van der Waals surface area contributed by atoms with Crippen molar-refractivity contribution in [2.75, 3.05) is 6.54 Å². The summed E-state index contributed by atoms with van der Waals surface area (Å²) in [6.45, 7) is 0.564. The molecule has 0 aromatic heterocycles. The number of hydrogen-bond acceptors (Lipinski definition) is 2. The van der Waals surface area contributed by atoms with E-state index in [0.29, 0.717) is 24.6 Å². The third kappa shape index (κ3) is 3.24. The van der Waals surface area contributed by atoms with Crippen molar-refractivity contribution in [3.8, 4) is 5.75 Å². The third-order valence-electron chi connectivity index (χ3n) is 4.04. The fraction of sp³-hybridized carbons (Fsp3) is 0.278. The van der Waals surface area contributed by atoms with Crippen LogP contribution in [-0.4, -0.2) is 17.6 Å². The van der Waals surface area contributed by atoms with E-state index in [9.17, 15) is 9.90 Å². The summed E-state index contributed by atoms with van der Waals surface area (Å²) in [7, 11) is 0. The molecular weight excluding hydrogens is 262 g/mol. The van der Waals surface area contributed by atoms with Crippen molar-refractivity contribution in [1.29, 1.82) is 0 Å². The molecule has 0 aliphatic heterocycles. The average Bonchev–Trinajstić information content (AvgIpc) is 3.31. The molecule has 2 N–H and O–H groups in total. The summed E-state index contributed by atoms with van der Waals surface area (Å²) in [4.78, 5) is 12.1. The Morgan fingerprint density at radius 2 is 1.81 bits per heavy atom. The van der Waals surface area contributed by atoms with E-state index < -0.39 is 0 Å². The fourth-order valence-electron chi connectivity index (χ4n) is 2.73. The molecule has 1 saturated carbocycles. The quantitative estimate of drug-likeness (QED) is 0.885. The first-order chi connectivity index (χ1) is 10.3. The second-order valence-electron chi connectivity index (χ2n) is 5.53. The molecule has 0 spiro atoms. The number of amides is 1. The van der Waals surface area contributed by atoms with Gasteiger partial charge in [-0.15, -0.1) is 0 Å². The first-order valence-corrected chi connectivity index (χ1v) is 7.35. The van der Waals surface area contributed by atoms with Crippen LogP contribution in [0.4, 0.5) is 0 Å². The molecule has 1 aliphatic carbocycles. The van der Waals surface area contributed by atoms with Gasteiger partial charge in [0.05, 0.1) is 0 Å². The molecule has 0 radical (unpaired) electrons. The highest BCUT2D eigenvalue weighted by atomic mass is 16.3. The number of benzene rings is 2. The summed E-state index contributed by atoms with van der Waals surface area (Å²) >= 11 is 0. The van der Waals surface area contributed by atoms with Gasteiger partial charge >= 0.3 is 0 Å². The number of hydrogen-bond donors (Lipinski definition) is 2. The molecule has 2 aromatic rings. The summed E-state index contributed by atoms with van der Waals surface area (Å²) in [6, 6.07) is 17.4. The molecule has 0 heterocycles. The van der Waals surface area contributed by atoms with E-state index in [1.807, 2.05) is 30.3 Å². The minimum Gasteiger partial charge on any atom is -0.508 e. The van der Waals surface area contributed by atoms with Gasteiger partial charge in [0.25, 0.3) is 0 Å². The van der Waals surface area contributed by atoms with E-state index in [1.165, 1.54) is 5.56 Å². The summed E-state index contributed by atoms with van der Waals surface area (Å²) in [6.07, 6.45) is 1.59. The van der Waals surface area contributed by atoms with Crippen LogP contribution in [-0.2, 0) is 11.2 Å². The maximum atomic E-state index is 12.1. The Hall–Kier alpha value is -2.29. The Morgan fingerprint density at radius 3 is 2.57 bits per heavy atom. The van der Waals surface area contributed by atoms with Crippen LogP contribution in [0.5, 0.6) is 5.75 Å². The van der Waals surface area contributed by atoms with Crippen molar-refractivity contribution >= 4 is 5.91 Å². The van der Waals surface area contributed by atoms with Gasteiger partial charge in [0.2, 0.25) is 5.91 Å². The molecule has 1 amide bonds. The SMILES string of the molecule is O=C(NCCc1ccccc1O)C1CC1c1ccccc1. The normalized spacial score (nSPS) is 20.0. The molecular formula is C18H19NO2. The predicted molar refractivity (Wildman–Crippen MR) is 82.1 cm³/mol. The maximum Gasteiger partial charge on any atom is 0.223 e. The monoisotopic (exact) mass is 281 g/mol. The van der Waals surface area contributed by atoms with Gasteiger partial charge in [0.15, 0.2) is 0 Å². The molecule has 1 aliphatic rings. The highest BCUT2D eigenvalue weighted by molar-refractivity contribution is 5.82. The van der Waals surface area contributed by atoms with Crippen LogP contribution in [0.15, 0.2) is 54.6 Å². The first-order valence-electron chi connectivity index (χ1n) is 7.35. The molecule has 0 saturated heterocycles. The summed E-state index contributed by atoms with van der Waals surface area (Å²) in [5, 5.41) is 12.6. The van der Waals surface area contributed by atoms with E-state index in [-0.39, 0.29) is 11.8 Å². The Kier molecular flexibility index (Phi) is 3.91. The highest BCUT2D eigenvalue weighted by Gasteiger charge is 2.43. The minimum atomic E-state index is 0.108. The Bertz CT molecular complexity index is 624. The van der Waals surface area contributed by atoms with Crippen molar-refractivity contribution in [2.45, 2.75) is 18.8 Å². The Balaban J connectivity index is 1.47. The molecule has 0 bridgehead atoms. The van der Waals surface area contributed by atoms with Crippen molar-refractivity contribution in [1.82, 2.24) is 5.32 Å². The number of carbonyl (C=O) groups excluding carboxylic acids is 1. The number of carbonyl (C=O) groups is 1. The van der Waals surface area contributed by atoms with Crippen molar-refractivity contribution in [3.63, 3.8) is 0 Å². The maximum absolute atomic E-state index is 12.1. The first kappa shape index (κ1) is 13.7. The second-order valence-corrected chi connectivity index (χ2v) is 5.53. The van der Waals surface area contributed by atoms with Crippen LogP contribution in [0.2, 0.25) is 0 Å². The van der Waals surface area contributed by atoms with E-state index in [4.69, 9.17) is 0 Å². The van der Waals surface area contributed by atoms with Crippen LogP contribution < -0.4 is 5.32 Å². The lowest BCUT2D eigenvalue weighted by Gasteiger charge is -2.06. The zero-order chi connectivity index (χ0) is 14.7. The van der Waals surface area contributed by atoms with Crippen LogP contribution in [0.25, 0.3) is 0 Å². The van der Waals surface area contributed by atoms with E-state index in [0.717, 1.165) is 12.0 Å². The zero-order valence-corrected chi connectivity index (χ0v) is 11.8. The second kappa shape index (κ2) is 6.00. The van der Waals surface area contributed by atoms with Gasteiger partial charge in [-0.3, -0.25) is 4.79 Å². The number of phenols is 1. The molecule has 108 valence electrons. The number of rotatable bonds is 5. The van der Waals surface area contributed by atoms with Crippen LogP contribution in [0, 0.1) is 5.92 Å². The Morgan fingerprint density at radius 1 is 1.10 bits per heavy atom. The standard InChI is InChI=1S/C18H19NO2/c20-17-9-5-4-8-14(17)10-11-19-18(21)16-12-15(16)13-6-2-1-3-7-13/h1-9,15-16,20H,10-12H2,(H,19,21). The minimum absolute atomic E-state index is 0.108. The van der Waals surface area contributed by atoms with Crippen LogP contribution in [0.3, 0.4) is 0 Å². The molecule has 2 aromatic carbocycles. The fourth-order valence-corrected chi connectivity index (χ4v) is 2.73. The molecule has 2 atom stereocenters. The zero-order valence-electron chi connectivity index (χ0n) is 11.8. The lowest BCUT2D eigenvalue weighted by Crippen LogP contribution is -2.27. The van der Waals surface area contributed by atoms with Gasteiger partial charge < -0.3 is 10.4 Å². The van der Waals surface area contributed by atoms with Crippen LogP contribution >= 0.6 is 0 Å². The highest BCUT2D eigenvalue weighted by Crippen LogP contribution is 2.47. The number of para-hydroxylation sites is 1. The smallest absolute Gasteiger partial charge is 0.223 e. The van der Waals surface area contributed by atoms with Gasteiger partial charge in [-0.1, -0.05) is 48.5 Å². The topological polar surface area (TPSA) is 49.3 Å². The van der Waals surface area contributed by atoms with Crippen molar-refractivity contribution in [2.24, 2.45) is 5.92 Å². The summed E-state index contributed by atoms with van der Waals surface area (Å²) in [5.74, 6) is 0.896. The molecule has 21 heavy (non-hydrogen) atoms. The van der Waals surface area contributed by atoms with Crippen LogP contribution in [0.1, 0.15) is 23.5 Å². The molecule has 3 rings (SSSR count). The van der Waals surface area contributed by atoms with E-state index >= 15 is 0 Å². The Labute approximate surface area is 124 Å². The molecule has 2 unspecified atom stereocenters. The average molecular weight is 281 g/mol. The summed E-state index contributed by atoms with van der Waals surface area (Å²) < 4.78 is 0. The number of phenolic OH excluding ortho intramolecular Hbond substituents is 1. The van der Waals surface area contributed by atoms with E-state index in [2.05, 4.69) is 17.4 Å². The third-order valence-corrected chi connectivity index (χ3v) is 4.04. The lowest BCUT2D eigenvalue weighted by atomic mass is 10.1. The summed E-state index contributed by atoms with van der Waals surface area (Å²) in [5.41, 5.74) is 2.12. The molecule has 3 nitrogen and oxygen atoms in total. The molecule has 1 fully saturated rings. The van der Waals surface area contributed by atoms with Crippen molar-refractivity contribution in [3.05, 3.63) is 65.7 Å². The van der Waals surface area contributed by atoms with Gasteiger partial charge in [0.1, 0.15) is 5.75 Å².